The number of halogens is 1. The lowest BCUT2D eigenvalue weighted by Gasteiger charge is -2.39. The SMILES string of the molecule is CNCCC1CN(c2cccc(Br)c2)C(=O)CN1C. The van der Waals surface area contributed by atoms with E-state index in [-0.39, 0.29) is 5.91 Å². The minimum absolute atomic E-state index is 0.168. The van der Waals surface area contributed by atoms with Gasteiger partial charge in [0.15, 0.2) is 0 Å². The number of amides is 1. The van der Waals surface area contributed by atoms with Gasteiger partial charge in [0.25, 0.3) is 0 Å². The summed E-state index contributed by atoms with van der Waals surface area (Å²) in [6, 6.07) is 8.33. The lowest BCUT2D eigenvalue weighted by Crippen LogP contribution is -2.55. The van der Waals surface area contributed by atoms with E-state index < -0.39 is 0 Å². The Morgan fingerprint density at radius 3 is 2.95 bits per heavy atom. The standard InChI is InChI=1S/C14H20BrN3O/c1-16-7-6-13-9-18(14(19)10-17(13)2)12-5-3-4-11(15)8-12/h3-5,8,13,16H,6-7,9-10H2,1-2H3. The fourth-order valence-electron chi connectivity index (χ4n) is 2.40. The summed E-state index contributed by atoms with van der Waals surface area (Å²) in [4.78, 5) is 16.2. The van der Waals surface area contributed by atoms with Crippen molar-refractivity contribution in [2.24, 2.45) is 0 Å². The molecule has 1 aliphatic heterocycles. The van der Waals surface area contributed by atoms with Gasteiger partial charge in [0.05, 0.1) is 6.54 Å². The lowest BCUT2D eigenvalue weighted by molar-refractivity contribution is -0.122. The van der Waals surface area contributed by atoms with Gasteiger partial charge in [0, 0.05) is 22.7 Å². The van der Waals surface area contributed by atoms with E-state index in [0.717, 1.165) is 29.7 Å². The van der Waals surface area contributed by atoms with Gasteiger partial charge >= 0.3 is 0 Å². The monoisotopic (exact) mass is 325 g/mol. The molecule has 0 radical (unpaired) electrons. The number of nitrogens with zero attached hydrogens (tertiary/aromatic N) is 2. The quantitative estimate of drug-likeness (QED) is 0.915. The van der Waals surface area contributed by atoms with Crippen molar-refractivity contribution in [3.8, 4) is 0 Å². The number of nitrogens with one attached hydrogen (secondary N) is 1. The summed E-state index contributed by atoms with van der Waals surface area (Å²) in [5, 5.41) is 3.17. The zero-order chi connectivity index (χ0) is 13.8. The third kappa shape index (κ3) is 3.55. The maximum Gasteiger partial charge on any atom is 0.241 e. The molecule has 2 rings (SSSR count). The van der Waals surface area contributed by atoms with E-state index in [4.69, 9.17) is 0 Å². The Kier molecular flexibility index (Phi) is 4.96. The van der Waals surface area contributed by atoms with Gasteiger partial charge in [0.2, 0.25) is 5.91 Å². The molecule has 0 spiro atoms. The van der Waals surface area contributed by atoms with Crippen molar-refractivity contribution in [3.63, 3.8) is 0 Å². The Hall–Kier alpha value is -0.910. The van der Waals surface area contributed by atoms with Crippen LogP contribution in [0.2, 0.25) is 0 Å². The first-order valence-corrected chi connectivity index (χ1v) is 7.32. The minimum Gasteiger partial charge on any atom is -0.320 e. The van der Waals surface area contributed by atoms with E-state index in [1.807, 2.05) is 43.3 Å². The van der Waals surface area contributed by atoms with Crippen molar-refractivity contribution in [2.75, 3.05) is 38.6 Å². The molecule has 1 heterocycles. The summed E-state index contributed by atoms with van der Waals surface area (Å²) >= 11 is 3.46. The summed E-state index contributed by atoms with van der Waals surface area (Å²) < 4.78 is 1.00. The van der Waals surface area contributed by atoms with Crippen molar-refractivity contribution in [1.82, 2.24) is 10.2 Å². The van der Waals surface area contributed by atoms with Gasteiger partial charge in [-0.15, -0.1) is 0 Å². The Morgan fingerprint density at radius 2 is 2.26 bits per heavy atom. The molecule has 19 heavy (non-hydrogen) atoms. The maximum absolute atomic E-state index is 12.2. The molecule has 1 N–H and O–H groups in total. The van der Waals surface area contributed by atoms with Gasteiger partial charge in [0.1, 0.15) is 0 Å². The van der Waals surface area contributed by atoms with E-state index >= 15 is 0 Å². The Bertz CT molecular complexity index is 452. The van der Waals surface area contributed by atoms with Crippen molar-refractivity contribution < 1.29 is 4.79 Å². The van der Waals surface area contributed by atoms with Gasteiger partial charge in [-0.1, -0.05) is 22.0 Å². The molecule has 1 aromatic carbocycles. The van der Waals surface area contributed by atoms with Gasteiger partial charge in [-0.2, -0.15) is 0 Å². The van der Waals surface area contributed by atoms with Crippen LogP contribution >= 0.6 is 15.9 Å². The predicted molar refractivity (Wildman–Crippen MR) is 81.5 cm³/mol. The molecular formula is C14H20BrN3O. The molecule has 0 bridgehead atoms. The van der Waals surface area contributed by atoms with Crippen LogP contribution in [0.4, 0.5) is 5.69 Å². The number of anilines is 1. The Morgan fingerprint density at radius 1 is 1.47 bits per heavy atom. The highest BCUT2D eigenvalue weighted by Gasteiger charge is 2.30. The van der Waals surface area contributed by atoms with E-state index in [2.05, 4.69) is 26.1 Å². The Balaban J connectivity index is 2.13. The first kappa shape index (κ1) is 14.5. The first-order valence-electron chi connectivity index (χ1n) is 6.52. The van der Waals surface area contributed by atoms with Crippen LogP contribution < -0.4 is 10.2 Å². The molecular weight excluding hydrogens is 306 g/mol. The number of hydrogen-bond donors (Lipinski definition) is 1. The molecule has 0 saturated carbocycles. The van der Waals surface area contributed by atoms with E-state index in [0.29, 0.717) is 12.6 Å². The normalized spacial score (nSPS) is 20.9. The van der Waals surface area contributed by atoms with Crippen molar-refractivity contribution in [3.05, 3.63) is 28.7 Å². The molecule has 1 aliphatic rings. The van der Waals surface area contributed by atoms with Gasteiger partial charge in [-0.25, -0.2) is 0 Å². The third-order valence-corrected chi connectivity index (χ3v) is 4.04. The summed E-state index contributed by atoms with van der Waals surface area (Å²) in [5.41, 5.74) is 0.974. The lowest BCUT2D eigenvalue weighted by atomic mass is 10.1. The number of carbonyl (C=O) groups is 1. The van der Waals surface area contributed by atoms with Crippen molar-refractivity contribution in [2.45, 2.75) is 12.5 Å². The highest BCUT2D eigenvalue weighted by atomic mass is 79.9. The van der Waals surface area contributed by atoms with Crippen LogP contribution in [-0.4, -0.2) is 50.6 Å². The molecule has 0 aliphatic carbocycles. The molecule has 1 atom stereocenters. The van der Waals surface area contributed by atoms with Gasteiger partial charge in [-0.3, -0.25) is 9.69 Å². The summed E-state index contributed by atoms with van der Waals surface area (Å²) in [6.07, 6.45) is 1.05. The largest absolute Gasteiger partial charge is 0.320 e. The molecule has 5 heteroatoms. The predicted octanol–water partition coefficient (Wildman–Crippen LogP) is 1.71. The number of hydrogen-bond acceptors (Lipinski definition) is 3. The number of carbonyl (C=O) groups excluding carboxylic acids is 1. The fourth-order valence-corrected chi connectivity index (χ4v) is 2.78. The van der Waals surface area contributed by atoms with Crippen LogP contribution in [0, 0.1) is 0 Å². The van der Waals surface area contributed by atoms with Crippen LogP contribution in [0.15, 0.2) is 28.7 Å². The molecule has 1 saturated heterocycles. The summed E-state index contributed by atoms with van der Waals surface area (Å²) in [7, 11) is 3.98. The number of benzene rings is 1. The maximum atomic E-state index is 12.2. The average Bonchev–Trinajstić information content (AvgIpc) is 2.38. The van der Waals surface area contributed by atoms with Gasteiger partial charge < -0.3 is 10.2 Å². The third-order valence-electron chi connectivity index (χ3n) is 3.55. The zero-order valence-electron chi connectivity index (χ0n) is 11.4. The van der Waals surface area contributed by atoms with E-state index in [9.17, 15) is 4.79 Å². The van der Waals surface area contributed by atoms with Crippen LogP contribution in [0.3, 0.4) is 0 Å². The molecule has 0 aromatic heterocycles. The van der Waals surface area contributed by atoms with Crippen LogP contribution in [-0.2, 0) is 4.79 Å². The highest BCUT2D eigenvalue weighted by molar-refractivity contribution is 9.10. The Labute approximate surface area is 122 Å². The van der Waals surface area contributed by atoms with E-state index in [1.54, 1.807) is 0 Å². The second-order valence-electron chi connectivity index (χ2n) is 4.95. The molecule has 1 aromatic rings. The molecule has 1 unspecified atom stereocenters. The molecule has 104 valence electrons. The summed E-state index contributed by atoms with van der Waals surface area (Å²) in [6.45, 7) is 2.21. The topological polar surface area (TPSA) is 35.6 Å². The number of piperazine rings is 1. The number of rotatable bonds is 4. The number of likely N-dealkylation sites (N-methyl/N-ethyl adjacent to an activating group) is 1. The fraction of sp³-hybridized carbons (Fsp3) is 0.500. The molecule has 4 nitrogen and oxygen atoms in total. The molecule has 1 fully saturated rings. The van der Waals surface area contributed by atoms with Crippen LogP contribution in [0.1, 0.15) is 6.42 Å². The second kappa shape index (κ2) is 6.50. The van der Waals surface area contributed by atoms with Crippen LogP contribution in [0.25, 0.3) is 0 Å². The smallest absolute Gasteiger partial charge is 0.241 e. The van der Waals surface area contributed by atoms with Gasteiger partial charge in [-0.05, 0) is 45.3 Å². The highest BCUT2D eigenvalue weighted by Crippen LogP contribution is 2.23. The average molecular weight is 326 g/mol. The summed E-state index contributed by atoms with van der Waals surface area (Å²) in [5.74, 6) is 0.168. The molecule has 1 amide bonds. The zero-order valence-corrected chi connectivity index (χ0v) is 13.0. The van der Waals surface area contributed by atoms with Crippen molar-refractivity contribution >= 4 is 27.5 Å². The second-order valence-corrected chi connectivity index (χ2v) is 5.86. The van der Waals surface area contributed by atoms with Crippen LogP contribution in [0.5, 0.6) is 0 Å². The van der Waals surface area contributed by atoms with Crippen molar-refractivity contribution in [1.29, 1.82) is 0 Å². The first-order chi connectivity index (χ1) is 9.11. The van der Waals surface area contributed by atoms with E-state index in [1.165, 1.54) is 0 Å². The minimum atomic E-state index is 0.168.